The first kappa shape index (κ1) is 10.4. The number of nitrogens with two attached hydrogens (primary N) is 1. The van der Waals surface area contributed by atoms with Crippen LogP contribution in [0, 0.1) is 0 Å². The lowest BCUT2D eigenvalue weighted by atomic mass is 10.0. The topological polar surface area (TPSA) is 60.2 Å². The standard InChI is InChI=1S/C13H11NO2/c1-8(15)9-2-3-11-7-12(13(14)16)5-4-10(11)6-9/h2-7H,1H3,(H2,14,16). The van der Waals surface area contributed by atoms with E-state index in [2.05, 4.69) is 0 Å². The number of fused-ring (bicyclic) bond motifs is 1. The minimum absolute atomic E-state index is 0.0286. The largest absolute Gasteiger partial charge is 0.366 e. The summed E-state index contributed by atoms with van der Waals surface area (Å²) in [5, 5.41) is 1.83. The van der Waals surface area contributed by atoms with E-state index < -0.39 is 5.91 Å². The molecule has 3 heteroatoms. The Labute approximate surface area is 92.9 Å². The van der Waals surface area contributed by atoms with E-state index in [4.69, 9.17) is 5.73 Å². The quantitative estimate of drug-likeness (QED) is 0.777. The van der Waals surface area contributed by atoms with Gasteiger partial charge in [-0.2, -0.15) is 0 Å². The fraction of sp³-hybridized carbons (Fsp3) is 0.0769. The molecule has 0 aliphatic heterocycles. The molecule has 1 amide bonds. The lowest BCUT2D eigenvalue weighted by molar-refractivity contribution is 0.0996. The number of hydrogen-bond donors (Lipinski definition) is 1. The highest BCUT2D eigenvalue weighted by molar-refractivity contribution is 6.01. The summed E-state index contributed by atoms with van der Waals surface area (Å²) in [4.78, 5) is 22.2. The fourth-order valence-corrected chi connectivity index (χ4v) is 1.62. The molecule has 0 saturated heterocycles. The number of primary amides is 1. The molecule has 0 aromatic heterocycles. The van der Waals surface area contributed by atoms with Crippen LogP contribution in [-0.4, -0.2) is 11.7 Å². The predicted molar refractivity (Wildman–Crippen MR) is 62.5 cm³/mol. The number of Topliss-reactive ketones (excluding diaryl/α,β-unsaturated/α-hetero) is 1. The maximum Gasteiger partial charge on any atom is 0.248 e. The summed E-state index contributed by atoms with van der Waals surface area (Å²) < 4.78 is 0. The summed E-state index contributed by atoms with van der Waals surface area (Å²) in [6.45, 7) is 1.53. The van der Waals surface area contributed by atoms with Crippen molar-refractivity contribution in [2.24, 2.45) is 5.73 Å². The molecule has 0 unspecified atom stereocenters. The van der Waals surface area contributed by atoms with Crippen molar-refractivity contribution in [3.05, 3.63) is 47.5 Å². The van der Waals surface area contributed by atoms with E-state index in [1.165, 1.54) is 6.92 Å². The molecule has 0 heterocycles. The summed E-state index contributed by atoms with van der Waals surface area (Å²) in [5.74, 6) is -0.418. The lowest BCUT2D eigenvalue weighted by Gasteiger charge is -2.02. The van der Waals surface area contributed by atoms with Gasteiger partial charge in [-0.25, -0.2) is 0 Å². The van der Waals surface area contributed by atoms with Crippen LogP contribution >= 0.6 is 0 Å². The second-order valence-electron chi connectivity index (χ2n) is 3.70. The zero-order valence-corrected chi connectivity index (χ0v) is 8.86. The van der Waals surface area contributed by atoms with Crippen molar-refractivity contribution in [2.75, 3.05) is 0 Å². The van der Waals surface area contributed by atoms with Gasteiger partial charge in [0.25, 0.3) is 0 Å². The predicted octanol–water partition coefficient (Wildman–Crippen LogP) is 2.14. The summed E-state index contributed by atoms with van der Waals surface area (Å²) >= 11 is 0. The van der Waals surface area contributed by atoms with Crippen LogP contribution in [0.25, 0.3) is 10.8 Å². The number of rotatable bonds is 2. The number of carbonyl (C=O) groups excluding carboxylic acids is 2. The normalized spacial score (nSPS) is 10.3. The van der Waals surface area contributed by atoms with Gasteiger partial charge >= 0.3 is 0 Å². The van der Waals surface area contributed by atoms with Crippen LogP contribution in [0.15, 0.2) is 36.4 Å². The molecule has 2 aromatic carbocycles. The molecule has 0 bridgehead atoms. The van der Waals surface area contributed by atoms with Gasteiger partial charge in [0.05, 0.1) is 0 Å². The number of hydrogen-bond acceptors (Lipinski definition) is 2. The van der Waals surface area contributed by atoms with Crippen LogP contribution in [0.2, 0.25) is 0 Å². The van der Waals surface area contributed by atoms with Gasteiger partial charge in [0.15, 0.2) is 5.78 Å². The van der Waals surface area contributed by atoms with Crippen molar-refractivity contribution < 1.29 is 9.59 Å². The molecule has 80 valence electrons. The number of benzene rings is 2. The smallest absolute Gasteiger partial charge is 0.248 e. The van der Waals surface area contributed by atoms with Gasteiger partial charge in [0.2, 0.25) is 5.91 Å². The Morgan fingerprint density at radius 2 is 1.44 bits per heavy atom. The van der Waals surface area contributed by atoms with Crippen molar-refractivity contribution in [1.82, 2.24) is 0 Å². The van der Waals surface area contributed by atoms with Gasteiger partial charge in [-0.15, -0.1) is 0 Å². The van der Waals surface area contributed by atoms with E-state index in [0.29, 0.717) is 11.1 Å². The SMILES string of the molecule is CC(=O)c1ccc2cc(C(N)=O)ccc2c1. The third kappa shape index (κ3) is 1.80. The van der Waals surface area contributed by atoms with Crippen molar-refractivity contribution in [2.45, 2.75) is 6.92 Å². The molecular formula is C13H11NO2. The Morgan fingerprint density at radius 3 is 1.94 bits per heavy atom. The molecule has 2 rings (SSSR count). The first-order valence-electron chi connectivity index (χ1n) is 4.92. The molecule has 2 N–H and O–H groups in total. The molecule has 0 fully saturated rings. The van der Waals surface area contributed by atoms with E-state index in [9.17, 15) is 9.59 Å². The highest BCUT2D eigenvalue weighted by Gasteiger charge is 2.04. The minimum atomic E-state index is -0.447. The summed E-state index contributed by atoms with van der Waals surface area (Å²) in [6.07, 6.45) is 0. The zero-order chi connectivity index (χ0) is 11.7. The highest BCUT2D eigenvalue weighted by atomic mass is 16.1. The zero-order valence-electron chi connectivity index (χ0n) is 8.86. The van der Waals surface area contributed by atoms with Crippen LogP contribution in [0.3, 0.4) is 0 Å². The molecule has 0 atom stereocenters. The first-order valence-corrected chi connectivity index (χ1v) is 4.92. The van der Waals surface area contributed by atoms with Crippen LogP contribution in [0.5, 0.6) is 0 Å². The van der Waals surface area contributed by atoms with E-state index in [1.807, 2.05) is 12.1 Å². The molecule has 0 radical (unpaired) electrons. The molecular weight excluding hydrogens is 202 g/mol. The lowest BCUT2D eigenvalue weighted by Crippen LogP contribution is -2.10. The maximum atomic E-state index is 11.2. The fourth-order valence-electron chi connectivity index (χ4n) is 1.62. The van der Waals surface area contributed by atoms with E-state index in [0.717, 1.165) is 10.8 Å². The molecule has 0 aliphatic rings. The Hall–Kier alpha value is -2.16. The van der Waals surface area contributed by atoms with Gasteiger partial charge in [-0.3, -0.25) is 9.59 Å². The third-order valence-electron chi connectivity index (χ3n) is 2.53. The number of ketones is 1. The molecule has 0 spiro atoms. The second kappa shape index (κ2) is 3.77. The van der Waals surface area contributed by atoms with Crippen LogP contribution in [0.4, 0.5) is 0 Å². The van der Waals surface area contributed by atoms with Gasteiger partial charge in [0.1, 0.15) is 0 Å². The minimum Gasteiger partial charge on any atom is -0.366 e. The number of amides is 1. The highest BCUT2D eigenvalue weighted by Crippen LogP contribution is 2.18. The molecule has 16 heavy (non-hydrogen) atoms. The van der Waals surface area contributed by atoms with Crippen molar-refractivity contribution in [1.29, 1.82) is 0 Å². The summed E-state index contributed by atoms with van der Waals surface area (Å²) in [5.41, 5.74) is 6.33. The van der Waals surface area contributed by atoms with Gasteiger partial charge in [-0.05, 0) is 35.9 Å². The second-order valence-corrected chi connectivity index (χ2v) is 3.70. The van der Waals surface area contributed by atoms with Crippen LogP contribution in [-0.2, 0) is 0 Å². The van der Waals surface area contributed by atoms with Gasteiger partial charge in [0, 0.05) is 11.1 Å². The van der Waals surface area contributed by atoms with E-state index in [-0.39, 0.29) is 5.78 Å². The molecule has 3 nitrogen and oxygen atoms in total. The first-order chi connectivity index (χ1) is 7.58. The molecule has 2 aromatic rings. The van der Waals surface area contributed by atoms with E-state index >= 15 is 0 Å². The maximum absolute atomic E-state index is 11.2. The third-order valence-corrected chi connectivity index (χ3v) is 2.53. The monoisotopic (exact) mass is 213 g/mol. The van der Waals surface area contributed by atoms with Gasteiger partial charge in [-0.1, -0.05) is 18.2 Å². The average molecular weight is 213 g/mol. The van der Waals surface area contributed by atoms with Crippen molar-refractivity contribution in [3.8, 4) is 0 Å². The molecule has 0 saturated carbocycles. The van der Waals surface area contributed by atoms with Crippen LogP contribution in [0.1, 0.15) is 27.6 Å². The van der Waals surface area contributed by atoms with E-state index in [1.54, 1.807) is 24.3 Å². The number of carbonyl (C=O) groups is 2. The summed E-state index contributed by atoms with van der Waals surface area (Å²) in [6, 6.07) is 10.6. The molecule has 0 aliphatic carbocycles. The van der Waals surface area contributed by atoms with Crippen LogP contribution < -0.4 is 5.73 Å². The Bertz CT molecular complexity index is 534. The van der Waals surface area contributed by atoms with Crippen molar-refractivity contribution >= 4 is 22.5 Å². The average Bonchev–Trinajstić information content (AvgIpc) is 2.27. The Morgan fingerprint density at radius 1 is 0.938 bits per heavy atom. The Kier molecular flexibility index (Phi) is 2.44. The Balaban J connectivity index is 2.61. The summed E-state index contributed by atoms with van der Waals surface area (Å²) in [7, 11) is 0. The van der Waals surface area contributed by atoms with Gasteiger partial charge < -0.3 is 5.73 Å². The van der Waals surface area contributed by atoms with Crippen molar-refractivity contribution in [3.63, 3.8) is 0 Å².